The van der Waals surface area contributed by atoms with E-state index in [1.165, 1.54) is 12.1 Å². The summed E-state index contributed by atoms with van der Waals surface area (Å²) in [6.07, 6.45) is 0. The van der Waals surface area contributed by atoms with Crippen molar-refractivity contribution < 1.29 is 18.1 Å². The number of nitro benzene ring substituents is 1. The Bertz CT molecular complexity index is 677. The first-order chi connectivity index (χ1) is 9.97. The molecule has 0 aliphatic heterocycles. The van der Waals surface area contributed by atoms with E-state index >= 15 is 0 Å². The molecule has 0 aliphatic carbocycles. The van der Waals surface area contributed by atoms with Gasteiger partial charge in [0.05, 0.1) is 4.92 Å². The average Bonchev–Trinajstić information content (AvgIpc) is 2.41. The molecule has 110 valence electrons. The summed E-state index contributed by atoms with van der Waals surface area (Å²) in [6, 6.07) is 6.77. The molecule has 2 rings (SSSR count). The third-order valence-electron chi connectivity index (χ3n) is 2.87. The molecule has 0 aliphatic rings. The van der Waals surface area contributed by atoms with Crippen LogP contribution in [-0.4, -0.2) is 4.92 Å². The second-order valence-electron chi connectivity index (χ2n) is 4.38. The van der Waals surface area contributed by atoms with E-state index in [1.54, 1.807) is 0 Å². The second-order valence-corrected chi connectivity index (χ2v) is 4.38. The Labute approximate surface area is 118 Å². The minimum absolute atomic E-state index is 0.130. The Morgan fingerprint density at radius 3 is 2.38 bits per heavy atom. The monoisotopic (exact) mass is 296 g/mol. The van der Waals surface area contributed by atoms with E-state index in [1.807, 2.05) is 0 Å². The van der Waals surface area contributed by atoms with Gasteiger partial charge in [-0.05, 0) is 17.7 Å². The Balaban J connectivity index is 1.97. The first-order valence-electron chi connectivity index (χ1n) is 6.05. The van der Waals surface area contributed by atoms with E-state index in [0.29, 0.717) is 5.56 Å². The van der Waals surface area contributed by atoms with Gasteiger partial charge >= 0.3 is 5.69 Å². The number of hydrogen-bond acceptors (Lipinski definition) is 3. The van der Waals surface area contributed by atoms with Crippen molar-refractivity contribution >= 4 is 5.69 Å². The van der Waals surface area contributed by atoms with E-state index in [2.05, 4.69) is 5.32 Å². The van der Waals surface area contributed by atoms with E-state index in [9.17, 15) is 23.3 Å². The molecule has 0 fully saturated rings. The minimum atomic E-state index is -0.924. The summed E-state index contributed by atoms with van der Waals surface area (Å²) in [6.45, 7) is 0.330. The van der Waals surface area contributed by atoms with Crippen molar-refractivity contribution in [1.82, 2.24) is 5.32 Å². The predicted octanol–water partition coefficient (Wildman–Crippen LogP) is 3.30. The Kier molecular flexibility index (Phi) is 4.54. The fraction of sp³-hybridized carbons (Fsp3) is 0.143. The molecule has 0 saturated heterocycles. The quantitative estimate of drug-likeness (QED) is 0.680. The summed E-state index contributed by atoms with van der Waals surface area (Å²) in [5.41, 5.74) is 0.169. The van der Waals surface area contributed by atoms with Gasteiger partial charge in [-0.25, -0.2) is 8.78 Å². The van der Waals surface area contributed by atoms with Gasteiger partial charge in [0, 0.05) is 30.8 Å². The third-order valence-corrected chi connectivity index (χ3v) is 2.87. The van der Waals surface area contributed by atoms with Crippen molar-refractivity contribution in [2.75, 3.05) is 0 Å². The smallest absolute Gasteiger partial charge is 0.304 e. The molecule has 2 aromatic carbocycles. The van der Waals surface area contributed by atoms with Crippen molar-refractivity contribution in [3.63, 3.8) is 0 Å². The topological polar surface area (TPSA) is 55.2 Å². The Morgan fingerprint density at radius 2 is 1.76 bits per heavy atom. The molecule has 0 saturated carbocycles. The van der Waals surface area contributed by atoms with Crippen molar-refractivity contribution in [3.05, 3.63) is 75.1 Å². The van der Waals surface area contributed by atoms with Gasteiger partial charge in [-0.2, -0.15) is 4.39 Å². The lowest BCUT2D eigenvalue weighted by Gasteiger charge is -2.06. The molecule has 4 nitrogen and oxygen atoms in total. The van der Waals surface area contributed by atoms with E-state index in [-0.39, 0.29) is 18.7 Å². The molecule has 0 unspecified atom stereocenters. The van der Waals surface area contributed by atoms with Gasteiger partial charge in [0.25, 0.3) is 0 Å². The largest absolute Gasteiger partial charge is 0.309 e. The van der Waals surface area contributed by atoms with Crippen molar-refractivity contribution in [2.24, 2.45) is 0 Å². The Hall–Kier alpha value is -2.41. The Morgan fingerprint density at radius 1 is 1.00 bits per heavy atom. The van der Waals surface area contributed by atoms with E-state index in [0.717, 1.165) is 24.3 Å². The summed E-state index contributed by atoms with van der Waals surface area (Å²) in [4.78, 5) is 9.67. The molecule has 0 amide bonds. The maximum absolute atomic E-state index is 13.4. The highest BCUT2D eigenvalue weighted by Crippen LogP contribution is 2.18. The summed E-state index contributed by atoms with van der Waals surface area (Å²) in [7, 11) is 0. The van der Waals surface area contributed by atoms with Crippen LogP contribution in [0, 0.1) is 27.6 Å². The lowest BCUT2D eigenvalue weighted by molar-refractivity contribution is -0.387. The SMILES string of the molecule is O=[N+]([O-])c1ccc(CNCc2ccc(F)cc2F)cc1F. The molecule has 0 radical (unpaired) electrons. The van der Waals surface area contributed by atoms with Crippen LogP contribution < -0.4 is 5.32 Å². The van der Waals surface area contributed by atoms with Gasteiger partial charge in [0.1, 0.15) is 11.6 Å². The zero-order chi connectivity index (χ0) is 15.4. The zero-order valence-electron chi connectivity index (χ0n) is 10.8. The highest BCUT2D eigenvalue weighted by Gasteiger charge is 2.13. The normalized spacial score (nSPS) is 10.6. The fourth-order valence-corrected chi connectivity index (χ4v) is 1.81. The second kappa shape index (κ2) is 6.36. The van der Waals surface area contributed by atoms with E-state index < -0.39 is 28.1 Å². The zero-order valence-corrected chi connectivity index (χ0v) is 10.8. The lowest BCUT2D eigenvalue weighted by Crippen LogP contribution is -2.14. The van der Waals surface area contributed by atoms with Gasteiger partial charge in [-0.1, -0.05) is 12.1 Å². The number of nitrogens with zero attached hydrogens (tertiary/aromatic N) is 1. The van der Waals surface area contributed by atoms with Crippen LogP contribution in [-0.2, 0) is 13.1 Å². The lowest BCUT2D eigenvalue weighted by atomic mass is 10.1. The van der Waals surface area contributed by atoms with Crippen LogP contribution in [0.15, 0.2) is 36.4 Å². The summed E-state index contributed by atoms with van der Waals surface area (Å²) >= 11 is 0. The number of rotatable bonds is 5. The number of nitrogens with one attached hydrogen (secondary N) is 1. The van der Waals surface area contributed by atoms with Gasteiger partial charge in [-0.15, -0.1) is 0 Å². The molecule has 1 N–H and O–H groups in total. The van der Waals surface area contributed by atoms with Crippen LogP contribution in [0.2, 0.25) is 0 Å². The first kappa shape index (κ1) is 15.0. The number of hydrogen-bond donors (Lipinski definition) is 1. The van der Waals surface area contributed by atoms with E-state index in [4.69, 9.17) is 0 Å². The summed E-state index contributed by atoms with van der Waals surface area (Å²) in [5.74, 6) is -2.25. The van der Waals surface area contributed by atoms with Crippen LogP contribution in [0.25, 0.3) is 0 Å². The maximum atomic E-state index is 13.4. The van der Waals surface area contributed by atoms with Gasteiger partial charge < -0.3 is 5.32 Å². The van der Waals surface area contributed by atoms with Crippen LogP contribution >= 0.6 is 0 Å². The third kappa shape index (κ3) is 3.79. The standard InChI is InChI=1S/C14H11F3N2O2/c15-11-3-2-10(12(16)6-11)8-18-7-9-1-4-14(19(20)21)13(17)5-9/h1-6,18H,7-8H2. The van der Waals surface area contributed by atoms with Crippen LogP contribution in [0.4, 0.5) is 18.9 Å². The van der Waals surface area contributed by atoms with Gasteiger partial charge in [0.15, 0.2) is 0 Å². The maximum Gasteiger partial charge on any atom is 0.304 e. The van der Waals surface area contributed by atoms with Crippen LogP contribution in [0.5, 0.6) is 0 Å². The molecule has 2 aromatic rings. The van der Waals surface area contributed by atoms with Crippen molar-refractivity contribution in [2.45, 2.75) is 13.1 Å². The van der Waals surface area contributed by atoms with Crippen LogP contribution in [0.3, 0.4) is 0 Å². The molecule has 0 atom stereocenters. The molecule has 21 heavy (non-hydrogen) atoms. The van der Waals surface area contributed by atoms with Crippen molar-refractivity contribution in [1.29, 1.82) is 0 Å². The van der Waals surface area contributed by atoms with Crippen LogP contribution in [0.1, 0.15) is 11.1 Å². The molecule has 0 aromatic heterocycles. The minimum Gasteiger partial charge on any atom is -0.309 e. The van der Waals surface area contributed by atoms with Gasteiger partial charge in [-0.3, -0.25) is 10.1 Å². The van der Waals surface area contributed by atoms with Crippen molar-refractivity contribution in [3.8, 4) is 0 Å². The molecule has 0 spiro atoms. The molecule has 0 heterocycles. The average molecular weight is 296 g/mol. The molecule has 0 bridgehead atoms. The number of benzene rings is 2. The fourth-order valence-electron chi connectivity index (χ4n) is 1.81. The highest BCUT2D eigenvalue weighted by molar-refractivity contribution is 5.35. The molecular weight excluding hydrogens is 285 g/mol. The van der Waals surface area contributed by atoms with Gasteiger partial charge in [0.2, 0.25) is 5.82 Å². The summed E-state index contributed by atoms with van der Waals surface area (Å²) < 4.78 is 39.5. The molecular formula is C14H11F3N2O2. The number of halogens is 3. The highest BCUT2D eigenvalue weighted by atomic mass is 19.1. The predicted molar refractivity (Wildman–Crippen MR) is 70.0 cm³/mol. The number of nitro groups is 1. The summed E-state index contributed by atoms with van der Waals surface area (Å²) in [5, 5.41) is 13.3. The molecule has 7 heteroatoms. The first-order valence-corrected chi connectivity index (χ1v) is 6.05.